The number of rotatable bonds is 9. The minimum atomic E-state index is -0.282. The molecule has 0 unspecified atom stereocenters. The number of hydrogen-bond acceptors (Lipinski definition) is 4. The molecule has 2 aromatic carbocycles. The second-order valence-corrected chi connectivity index (χ2v) is 9.40. The molecule has 0 fully saturated rings. The van der Waals surface area contributed by atoms with Crippen LogP contribution in [0.2, 0.25) is 0 Å². The maximum absolute atomic E-state index is 13.1. The van der Waals surface area contributed by atoms with Crippen LogP contribution in [0.15, 0.2) is 60.7 Å². The number of benzene rings is 2. The van der Waals surface area contributed by atoms with E-state index < -0.39 is 0 Å². The summed E-state index contributed by atoms with van der Waals surface area (Å²) in [6.45, 7) is 9.12. The molecule has 0 bridgehead atoms. The molecule has 0 aliphatic carbocycles. The van der Waals surface area contributed by atoms with Gasteiger partial charge in [-0.1, -0.05) is 56.7 Å². The average molecular weight is 463 g/mol. The molecule has 0 saturated heterocycles. The minimum absolute atomic E-state index is 0.0681. The Hall–Kier alpha value is -3.45. The molecular weight excluding hydrogens is 428 g/mol. The number of anilines is 1. The van der Waals surface area contributed by atoms with Gasteiger partial charge in [0.1, 0.15) is 12.4 Å². The van der Waals surface area contributed by atoms with Crippen LogP contribution in [0, 0.1) is 6.92 Å². The standard InChI is InChI=1S/C27H34N4O3/c1-20-12-14-22(15-13-20)31-24(18-23(29-31)27(2,3)4)28-25(32)19-30(16-9-17-34-5)26(33)21-10-7-6-8-11-21/h6-8,10-15,18H,9,16-17,19H2,1-5H3,(H,28,32). The topological polar surface area (TPSA) is 76.5 Å². The van der Waals surface area contributed by atoms with Gasteiger partial charge in [0.2, 0.25) is 5.91 Å². The van der Waals surface area contributed by atoms with Crippen molar-refractivity contribution in [1.29, 1.82) is 0 Å². The van der Waals surface area contributed by atoms with Crippen molar-refractivity contribution in [3.05, 3.63) is 77.5 Å². The third kappa shape index (κ3) is 6.54. The van der Waals surface area contributed by atoms with Crippen LogP contribution in [0.3, 0.4) is 0 Å². The average Bonchev–Trinajstić information content (AvgIpc) is 3.23. The van der Waals surface area contributed by atoms with E-state index in [9.17, 15) is 9.59 Å². The Balaban J connectivity index is 1.83. The van der Waals surface area contributed by atoms with E-state index in [1.807, 2.05) is 55.5 Å². The van der Waals surface area contributed by atoms with Gasteiger partial charge < -0.3 is 15.0 Å². The Morgan fingerprint density at radius 3 is 2.35 bits per heavy atom. The molecule has 1 heterocycles. The molecule has 0 aliphatic rings. The van der Waals surface area contributed by atoms with E-state index in [0.29, 0.717) is 31.0 Å². The highest BCUT2D eigenvalue weighted by Crippen LogP contribution is 2.26. The highest BCUT2D eigenvalue weighted by Gasteiger charge is 2.23. The van der Waals surface area contributed by atoms with E-state index >= 15 is 0 Å². The number of methoxy groups -OCH3 is 1. The van der Waals surface area contributed by atoms with Crippen LogP contribution in [-0.4, -0.2) is 53.3 Å². The fourth-order valence-corrected chi connectivity index (χ4v) is 3.49. The zero-order valence-corrected chi connectivity index (χ0v) is 20.7. The predicted molar refractivity (Wildman–Crippen MR) is 134 cm³/mol. The van der Waals surface area contributed by atoms with Gasteiger partial charge in [-0.3, -0.25) is 9.59 Å². The van der Waals surface area contributed by atoms with E-state index in [0.717, 1.165) is 16.9 Å². The van der Waals surface area contributed by atoms with Crippen molar-refractivity contribution in [2.24, 2.45) is 0 Å². The molecule has 7 nitrogen and oxygen atoms in total. The first-order valence-electron chi connectivity index (χ1n) is 11.5. The Morgan fingerprint density at radius 1 is 1.06 bits per heavy atom. The predicted octanol–water partition coefficient (Wildman–Crippen LogP) is 4.60. The van der Waals surface area contributed by atoms with Gasteiger partial charge in [-0.05, 0) is 37.6 Å². The summed E-state index contributed by atoms with van der Waals surface area (Å²) >= 11 is 0. The molecule has 3 rings (SSSR count). The van der Waals surface area contributed by atoms with Gasteiger partial charge in [0, 0.05) is 37.3 Å². The summed E-state index contributed by atoms with van der Waals surface area (Å²) < 4.78 is 6.88. The molecule has 1 aromatic heterocycles. The number of nitrogens with one attached hydrogen (secondary N) is 1. The molecule has 3 aromatic rings. The SMILES string of the molecule is COCCCN(CC(=O)Nc1cc(C(C)(C)C)nn1-c1ccc(C)cc1)C(=O)c1ccccc1. The number of carbonyl (C=O) groups is 2. The van der Waals surface area contributed by atoms with Crippen molar-refractivity contribution >= 4 is 17.6 Å². The number of aromatic nitrogens is 2. The summed E-state index contributed by atoms with van der Waals surface area (Å²) in [5.74, 6) is 0.104. The molecule has 0 radical (unpaired) electrons. The number of hydrogen-bond donors (Lipinski definition) is 1. The Morgan fingerprint density at radius 2 is 1.74 bits per heavy atom. The fraction of sp³-hybridized carbons (Fsp3) is 0.370. The summed E-state index contributed by atoms with van der Waals surface area (Å²) in [4.78, 5) is 27.7. The quantitative estimate of drug-likeness (QED) is 0.472. The molecule has 0 saturated carbocycles. The first kappa shape index (κ1) is 25.2. The molecular formula is C27H34N4O3. The van der Waals surface area contributed by atoms with Crippen molar-refractivity contribution in [2.75, 3.05) is 32.1 Å². The number of ether oxygens (including phenoxy) is 1. The molecule has 0 atom stereocenters. The molecule has 7 heteroatoms. The van der Waals surface area contributed by atoms with Crippen LogP contribution < -0.4 is 5.32 Å². The number of amides is 2. The van der Waals surface area contributed by atoms with E-state index in [1.54, 1.807) is 28.8 Å². The van der Waals surface area contributed by atoms with Crippen LogP contribution in [0.25, 0.3) is 5.69 Å². The molecule has 180 valence electrons. The van der Waals surface area contributed by atoms with Gasteiger partial charge >= 0.3 is 0 Å². The maximum atomic E-state index is 13.1. The van der Waals surface area contributed by atoms with Crippen molar-refractivity contribution in [1.82, 2.24) is 14.7 Å². The summed E-state index contributed by atoms with van der Waals surface area (Å²) in [6, 6.07) is 18.9. The second-order valence-electron chi connectivity index (χ2n) is 9.40. The van der Waals surface area contributed by atoms with E-state index in [2.05, 4.69) is 26.1 Å². The Bertz CT molecular complexity index is 1100. The van der Waals surface area contributed by atoms with Crippen LogP contribution in [-0.2, 0) is 14.9 Å². The monoisotopic (exact) mass is 462 g/mol. The normalized spacial score (nSPS) is 11.3. The summed E-state index contributed by atoms with van der Waals surface area (Å²) in [6.07, 6.45) is 0.637. The number of aryl methyl sites for hydroxylation is 1. The van der Waals surface area contributed by atoms with Crippen molar-refractivity contribution in [2.45, 2.75) is 39.5 Å². The zero-order chi connectivity index (χ0) is 24.7. The maximum Gasteiger partial charge on any atom is 0.254 e. The Labute approximate surface area is 201 Å². The van der Waals surface area contributed by atoms with E-state index in [1.165, 1.54) is 0 Å². The largest absolute Gasteiger partial charge is 0.385 e. The molecule has 34 heavy (non-hydrogen) atoms. The molecule has 1 N–H and O–H groups in total. The Kier molecular flexibility index (Phi) is 8.23. The van der Waals surface area contributed by atoms with Crippen LogP contribution in [0.5, 0.6) is 0 Å². The number of carbonyl (C=O) groups excluding carboxylic acids is 2. The molecule has 0 spiro atoms. The lowest BCUT2D eigenvalue weighted by Crippen LogP contribution is -2.39. The first-order valence-corrected chi connectivity index (χ1v) is 11.5. The van der Waals surface area contributed by atoms with Crippen molar-refractivity contribution < 1.29 is 14.3 Å². The summed E-state index contributed by atoms with van der Waals surface area (Å²) in [7, 11) is 1.62. The third-order valence-corrected chi connectivity index (χ3v) is 5.44. The van der Waals surface area contributed by atoms with Crippen molar-refractivity contribution in [3.63, 3.8) is 0 Å². The smallest absolute Gasteiger partial charge is 0.254 e. The summed E-state index contributed by atoms with van der Waals surface area (Å²) in [5, 5.41) is 7.74. The minimum Gasteiger partial charge on any atom is -0.385 e. The van der Waals surface area contributed by atoms with Gasteiger partial charge in [0.15, 0.2) is 0 Å². The lowest BCUT2D eigenvalue weighted by atomic mass is 9.92. The first-order chi connectivity index (χ1) is 16.2. The van der Waals surface area contributed by atoms with Crippen LogP contribution in [0.4, 0.5) is 5.82 Å². The van der Waals surface area contributed by atoms with E-state index in [4.69, 9.17) is 9.84 Å². The zero-order valence-electron chi connectivity index (χ0n) is 20.7. The van der Waals surface area contributed by atoms with E-state index in [-0.39, 0.29) is 23.8 Å². The van der Waals surface area contributed by atoms with Crippen LogP contribution >= 0.6 is 0 Å². The lowest BCUT2D eigenvalue weighted by Gasteiger charge is -2.22. The fourth-order valence-electron chi connectivity index (χ4n) is 3.49. The van der Waals surface area contributed by atoms with Crippen LogP contribution in [0.1, 0.15) is 48.8 Å². The van der Waals surface area contributed by atoms with Crippen molar-refractivity contribution in [3.8, 4) is 5.69 Å². The highest BCUT2D eigenvalue weighted by atomic mass is 16.5. The highest BCUT2D eigenvalue weighted by molar-refractivity contribution is 5.99. The van der Waals surface area contributed by atoms with Gasteiger partial charge in [0.25, 0.3) is 5.91 Å². The lowest BCUT2D eigenvalue weighted by molar-refractivity contribution is -0.117. The van der Waals surface area contributed by atoms with Gasteiger partial charge in [-0.25, -0.2) is 4.68 Å². The molecule has 2 amide bonds. The van der Waals surface area contributed by atoms with Gasteiger partial charge in [-0.2, -0.15) is 5.10 Å². The third-order valence-electron chi connectivity index (χ3n) is 5.44. The summed E-state index contributed by atoms with van der Waals surface area (Å²) in [5.41, 5.74) is 3.22. The second kappa shape index (κ2) is 11.1. The molecule has 0 aliphatic heterocycles. The van der Waals surface area contributed by atoms with Gasteiger partial charge in [0.05, 0.1) is 11.4 Å². The van der Waals surface area contributed by atoms with Gasteiger partial charge in [-0.15, -0.1) is 0 Å². The number of nitrogens with zero attached hydrogens (tertiary/aromatic N) is 3.